The van der Waals surface area contributed by atoms with E-state index in [9.17, 15) is 9.90 Å². The fourth-order valence-electron chi connectivity index (χ4n) is 1.12. The van der Waals surface area contributed by atoms with Crippen LogP contribution in [0.5, 0.6) is 11.5 Å². The minimum atomic E-state index is -0.538. The van der Waals surface area contributed by atoms with Crippen LogP contribution in [0, 0.1) is 0 Å². The number of nitrogens with one attached hydrogen (secondary N) is 1. The summed E-state index contributed by atoms with van der Waals surface area (Å²) in [5, 5.41) is 12.1. The Morgan fingerprint density at radius 1 is 1.44 bits per heavy atom. The van der Waals surface area contributed by atoms with Crippen LogP contribution in [0.1, 0.15) is 6.92 Å². The third kappa shape index (κ3) is 2.87. The quantitative estimate of drug-likeness (QED) is 0.812. The summed E-state index contributed by atoms with van der Waals surface area (Å²) >= 11 is 0. The molecule has 1 atom stereocenters. The van der Waals surface area contributed by atoms with Crippen molar-refractivity contribution in [3.05, 3.63) is 18.2 Å². The highest BCUT2D eigenvalue weighted by atomic mass is 16.5. The molecular formula is C11H15NO4. The third-order valence-electron chi connectivity index (χ3n) is 2.17. The first kappa shape index (κ1) is 12.3. The van der Waals surface area contributed by atoms with E-state index in [0.29, 0.717) is 11.4 Å². The van der Waals surface area contributed by atoms with Gasteiger partial charge in [0.05, 0.1) is 7.11 Å². The molecule has 0 saturated carbocycles. The molecule has 0 aliphatic heterocycles. The zero-order chi connectivity index (χ0) is 12.1. The molecule has 0 aliphatic carbocycles. The Kier molecular flexibility index (Phi) is 4.13. The van der Waals surface area contributed by atoms with Crippen molar-refractivity contribution in [2.75, 3.05) is 19.5 Å². The van der Waals surface area contributed by atoms with Crippen molar-refractivity contribution in [1.29, 1.82) is 0 Å². The van der Waals surface area contributed by atoms with Gasteiger partial charge in [0.1, 0.15) is 6.10 Å². The molecule has 0 spiro atoms. The molecule has 5 heteroatoms. The van der Waals surface area contributed by atoms with Gasteiger partial charge in [-0.3, -0.25) is 4.79 Å². The van der Waals surface area contributed by atoms with Gasteiger partial charge < -0.3 is 19.9 Å². The van der Waals surface area contributed by atoms with Crippen LogP contribution in [0.2, 0.25) is 0 Å². The largest absolute Gasteiger partial charge is 0.504 e. The minimum absolute atomic E-state index is 0.0228. The lowest BCUT2D eigenvalue weighted by molar-refractivity contribution is -0.124. The zero-order valence-electron chi connectivity index (χ0n) is 9.48. The second kappa shape index (κ2) is 5.37. The van der Waals surface area contributed by atoms with E-state index < -0.39 is 6.10 Å². The minimum Gasteiger partial charge on any atom is -0.504 e. The Balaban J connectivity index is 2.75. The first-order valence-corrected chi connectivity index (χ1v) is 4.79. The number of hydrogen-bond acceptors (Lipinski definition) is 4. The van der Waals surface area contributed by atoms with Crippen molar-refractivity contribution in [2.24, 2.45) is 0 Å². The van der Waals surface area contributed by atoms with Gasteiger partial charge in [-0.2, -0.15) is 0 Å². The maximum Gasteiger partial charge on any atom is 0.253 e. The van der Waals surface area contributed by atoms with Crippen LogP contribution in [0.25, 0.3) is 0 Å². The molecule has 16 heavy (non-hydrogen) atoms. The van der Waals surface area contributed by atoms with Crippen molar-refractivity contribution < 1.29 is 19.4 Å². The molecule has 5 nitrogen and oxygen atoms in total. The normalized spacial score (nSPS) is 11.9. The smallest absolute Gasteiger partial charge is 0.253 e. The lowest BCUT2D eigenvalue weighted by Gasteiger charge is -2.11. The summed E-state index contributed by atoms with van der Waals surface area (Å²) < 4.78 is 9.75. The standard InChI is InChI=1S/C11H15NO4/c1-7(15-2)11(14)12-8-4-5-10(16-3)9(13)6-8/h4-7,13H,1-3H3,(H,12,14). The van der Waals surface area contributed by atoms with Crippen LogP contribution in [-0.4, -0.2) is 31.3 Å². The van der Waals surface area contributed by atoms with Gasteiger partial charge in [0.25, 0.3) is 5.91 Å². The number of methoxy groups -OCH3 is 2. The van der Waals surface area contributed by atoms with Gasteiger partial charge >= 0.3 is 0 Å². The van der Waals surface area contributed by atoms with E-state index in [4.69, 9.17) is 9.47 Å². The van der Waals surface area contributed by atoms with Crippen molar-refractivity contribution in [1.82, 2.24) is 0 Å². The molecular weight excluding hydrogens is 210 g/mol. The van der Waals surface area contributed by atoms with Crippen LogP contribution >= 0.6 is 0 Å². The molecule has 0 heterocycles. The monoisotopic (exact) mass is 225 g/mol. The predicted molar refractivity (Wildman–Crippen MR) is 59.8 cm³/mol. The average Bonchev–Trinajstić information content (AvgIpc) is 2.28. The van der Waals surface area contributed by atoms with E-state index in [-0.39, 0.29) is 11.7 Å². The molecule has 1 rings (SSSR count). The maximum atomic E-state index is 11.5. The van der Waals surface area contributed by atoms with Crippen LogP contribution in [0.15, 0.2) is 18.2 Å². The molecule has 0 saturated heterocycles. The highest BCUT2D eigenvalue weighted by molar-refractivity contribution is 5.94. The number of aromatic hydroxyl groups is 1. The third-order valence-corrected chi connectivity index (χ3v) is 2.17. The number of carbonyl (C=O) groups is 1. The van der Waals surface area contributed by atoms with Gasteiger partial charge in [0.15, 0.2) is 11.5 Å². The van der Waals surface area contributed by atoms with Gasteiger partial charge in [0.2, 0.25) is 0 Å². The summed E-state index contributed by atoms with van der Waals surface area (Å²) in [6, 6.07) is 4.63. The Hall–Kier alpha value is -1.75. The fraction of sp³-hybridized carbons (Fsp3) is 0.364. The van der Waals surface area contributed by atoms with Gasteiger partial charge in [-0.25, -0.2) is 0 Å². The van der Waals surface area contributed by atoms with E-state index in [1.54, 1.807) is 19.1 Å². The average molecular weight is 225 g/mol. The Bertz CT molecular complexity index is 378. The highest BCUT2D eigenvalue weighted by Gasteiger charge is 2.12. The van der Waals surface area contributed by atoms with Gasteiger partial charge in [-0.15, -0.1) is 0 Å². The van der Waals surface area contributed by atoms with E-state index in [0.717, 1.165) is 0 Å². The summed E-state index contributed by atoms with van der Waals surface area (Å²) in [5.74, 6) is 0.0650. The number of ether oxygens (including phenoxy) is 2. The zero-order valence-corrected chi connectivity index (χ0v) is 9.48. The number of anilines is 1. The molecule has 0 bridgehead atoms. The SMILES string of the molecule is COc1ccc(NC(=O)C(C)OC)cc1O. The second-order valence-corrected chi connectivity index (χ2v) is 3.25. The summed E-state index contributed by atoms with van der Waals surface area (Å²) in [6.07, 6.45) is -0.538. The Labute approximate surface area is 94.0 Å². The van der Waals surface area contributed by atoms with Gasteiger partial charge in [0, 0.05) is 18.9 Å². The van der Waals surface area contributed by atoms with Crippen LogP contribution in [0.4, 0.5) is 5.69 Å². The molecule has 1 amide bonds. The van der Waals surface area contributed by atoms with E-state index >= 15 is 0 Å². The lowest BCUT2D eigenvalue weighted by Crippen LogP contribution is -2.26. The second-order valence-electron chi connectivity index (χ2n) is 3.25. The van der Waals surface area contributed by atoms with Crippen molar-refractivity contribution in [3.63, 3.8) is 0 Å². The molecule has 1 aromatic carbocycles. The molecule has 0 aliphatic rings. The summed E-state index contributed by atoms with van der Waals surface area (Å²) in [4.78, 5) is 11.5. The number of carbonyl (C=O) groups excluding carboxylic acids is 1. The summed E-state index contributed by atoms with van der Waals surface area (Å²) in [5.41, 5.74) is 0.493. The first-order valence-electron chi connectivity index (χ1n) is 4.79. The van der Waals surface area contributed by atoms with Crippen LogP contribution in [0.3, 0.4) is 0 Å². The molecule has 88 valence electrons. The summed E-state index contributed by atoms with van der Waals surface area (Å²) in [7, 11) is 2.91. The van der Waals surface area contributed by atoms with Gasteiger partial charge in [-0.05, 0) is 19.1 Å². The number of amides is 1. The molecule has 1 unspecified atom stereocenters. The van der Waals surface area contributed by atoms with E-state index in [1.165, 1.54) is 20.3 Å². The lowest BCUT2D eigenvalue weighted by atomic mass is 10.2. The van der Waals surface area contributed by atoms with Crippen molar-refractivity contribution in [3.8, 4) is 11.5 Å². The molecule has 0 radical (unpaired) electrons. The van der Waals surface area contributed by atoms with Crippen LogP contribution in [-0.2, 0) is 9.53 Å². The van der Waals surface area contributed by atoms with E-state index in [2.05, 4.69) is 5.32 Å². The topological polar surface area (TPSA) is 67.8 Å². The number of benzene rings is 1. The predicted octanol–water partition coefficient (Wildman–Crippen LogP) is 1.37. The fourth-order valence-corrected chi connectivity index (χ4v) is 1.12. The van der Waals surface area contributed by atoms with Crippen LogP contribution < -0.4 is 10.1 Å². The molecule has 0 fully saturated rings. The Morgan fingerprint density at radius 2 is 2.12 bits per heavy atom. The Morgan fingerprint density at radius 3 is 2.62 bits per heavy atom. The molecule has 0 aromatic heterocycles. The van der Waals surface area contributed by atoms with Gasteiger partial charge in [-0.1, -0.05) is 0 Å². The van der Waals surface area contributed by atoms with Crippen molar-refractivity contribution in [2.45, 2.75) is 13.0 Å². The highest BCUT2D eigenvalue weighted by Crippen LogP contribution is 2.28. The number of rotatable bonds is 4. The summed E-state index contributed by atoms with van der Waals surface area (Å²) in [6.45, 7) is 1.64. The maximum absolute atomic E-state index is 11.5. The molecule has 1 aromatic rings. The number of phenolic OH excluding ortho intramolecular Hbond substituents is 1. The van der Waals surface area contributed by atoms with E-state index in [1.807, 2.05) is 0 Å². The number of phenols is 1. The molecule has 2 N–H and O–H groups in total. The number of hydrogen-bond donors (Lipinski definition) is 2. The van der Waals surface area contributed by atoms with Crippen molar-refractivity contribution >= 4 is 11.6 Å². The first-order chi connectivity index (χ1) is 7.58.